The molecular formula is C26H28BrClN2O5S. The van der Waals surface area contributed by atoms with Gasteiger partial charge in [-0.15, -0.1) is 0 Å². The highest BCUT2D eigenvalue weighted by molar-refractivity contribution is 9.10. The summed E-state index contributed by atoms with van der Waals surface area (Å²) in [6, 6.07) is 14.6. The zero-order chi connectivity index (χ0) is 26.3. The van der Waals surface area contributed by atoms with Gasteiger partial charge in [0.25, 0.3) is 15.9 Å². The van der Waals surface area contributed by atoms with Gasteiger partial charge in [0, 0.05) is 15.8 Å². The summed E-state index contributed by atoms with van der Waals surface area (Å²) < 4.78 is 40.0. The third kappa shape index (κ3) is 7.15. The maximum absolute atomic E-state index is 12.8. The van der Waals surface area contributed by atoms with Gasteiger partial charge in [0.1, 0.15) is 11.5 Å². The molecule has 0 unspecified atom stereocenters. The van der Waals surface area contributed by atoms with Crippen LogP contribution in [-0.4, -0.2) is 27.5 Å². The Balaban J connectivity index is 1.66. The highest BCUT2D eigenvalue weighted by atomic mass is 79.9. The lowest BCUT2D eigenvalue weighted by molar-refractivity contribution is -0.118. The van der Waals surface area contributed by atoms with Crippen LogP contribution < -0.4 is 19.5 Å². The average Bonchev–Trinajstić information content (AvgIpc) is 2.85. The minimum atomic E-state index is -3.88. The smallest absolute Gasteiger partial charge is 0.262 e. The largest absolute Gasteiger partial charge is 0.494 e. The molecule has 10 heteroatoms. The van der Waals surface area contributed by atoms with E-state index in [1.54, 1.807) is 24.3 Å². The predicted octanol–water partition coefficient (Wildman–Crippen LogP) is 6.44. The molecule has 0 fully saturated rings. The van der Waals surface area contributed by atoms with Gasteiger partial charge in [-0.25, -0.2) is 8.42 Å². The van der Waals surface area contributed by atoms with Gasteiger partial charge >= 0.3 is 0 Å². The molecule has 36 heavy (non-hydrogen) atoms. The van der Waals surface area contributed by atoms with Crippen LogP contribution in [0.15, 0.2) is 64.0 Å². The molecule has 0 spiro atoms. The molecule has 0 aliphatic carbocycles. The fourth-order valence-electron chi connectivity index (χ4n) is 3.53. The molecule has 0 aliphatic heterocycles. The van der Waals surface area contributed by atoms with Crippen molar-refractivity contribution in [1.29, 1.82) is 0 Å². The maximum atomic E-state index is 12.8. The van der Waals surface area contributed by atoms with Crippen LogP contribution in [0.4, 0.5) is 11.4 Å². The third-order valence-corrected chi connectivity index (χ3v) is 7.41. The first kappa shape index (κ1) is 27.8. The molecule has 0 radical (unpaired) electrons. The summed E-state index contributed by atoms with van der Waals surface area (Å²) in [5, 5.41) is 3.00. The van der Waals surface area contributed by atoms with Gasteiger partial charge in [-0.2, -0.15) is 0 Å². The van der Waals surface area contributed by atoms with Crippen LogP contribution in [0.2, 0.25) is 5.02 Å². The van der Waals surface area contributed by atoms with Crippen LogP contribution >= 0.6 is 27.5 Å². The molecule has 0 saturated heterocycles. The molecule has 7 nitrogen and oxygen atoms in total. The fourth-order valence-corrected chi connectivity index (χ4v) is 5.46. The van der Waals surface area contributed by atoms with E-state index >= 15 is 0 Å². The van der Waals surface area contributed by atoms with Gasteiger partial charge < -0.3 is 14.8 Å². The summed E-state index contributed by atoms with van der Waals surface area (Å²) >= 11 is 9.79. The molecule has 0 bridgehead atoms. The molecule has 192 valence electrons. The molecular weight excluding hydrogens is 568 g/mol. The number of halogens is 2. The van der Waals surface area contributed by atoms with E-state index in [4.69, 9.17) is 21.1 Å². The van der Waals surface area contributed by atoms with E-state index < -0.39 is 10.0 Å². The number of carbonyl (C=O) groups excluding carboxylic acids is 1. The quantitative estimate of drug-likeness (QED) is 0.266. The van der Waals surface area contributed by atoms with Gasteiger partial charge in [0.2, 0.25) is 0 Å². The van der Waals surface area contributed by atoms with Crippen molar-refractivity contribution in [2.45, 2.75) is 38.5 Å². The minimum absolute atomic E-state index is 0.0341. The molecule has 3 aromatic carbocycles. The average molecular weight is 596 g/mol. The highest BCUT2D eigenvalue weighted by Gasteiger charge is 2.18. The van der Waals surface area contributed by atoms with Crippen LogP contribution in [0.5, 0.6) is 11.5 Å². The first-order valence-corrected chi connectivity index (χ1v) is 14.1. The minimum Gasteiger partial charge on any atom is -0.494 e. The van der Waals surface area contributed by atoms with E-state index in [0.29, 0.717) is 18.0 Å². The number of rotatable bonds is 11. The normalized spacial score (nSPS) is 11.1. The molecule has 1 amide bonds. The molecule has 0 aromatic heterocycles. The maximum Gasteiger partial charge on any atom is 0.262 e. The molecule has 0 aliphatic rings. The van der Waals surface area contributed by atoms with Gasteiger partial charge in [-0.1, -0.05) is 41.4 Å². The van der Waals surface area contributed by atoms with Crippen LogP contribution in [0.25, 0.3) is 0 Å². The summed E-state index contributed by atoms with van der Waals surface area (Å²) in [4.78, 5) is 12.6. The Bertz CT molecular complexity index is 1310. The Labute approximate surface area is 225 Å². The number of benzene rings is 3. The van der Waals surface area contributed by atoms with Crippen molar-refractivity contribution >= 4 is 54.8 Å². The van der Waals surface area contributed by atoms with E-state index in [2.05, 4.69) is 26.0 Å². The summed E-state index contributed by atoms with van der Waals surface area (Å²) in [5.41, 5.74) is 3.20. The number of ether oxygens (including phenoxy) is 2. The standard InChI is InChI=1S/C26H28BrClN2O5S/c1-4-17-13-19(27)14-18(5-2)26(17)29-25(31)16-35-24-12-11-22(15-23(24)28)36(32,33)30-20-7-9-21(10-8-20)34-6-3/h7-15,30H,4-6,16H2,1-3H3,(H,29,31). The topological polar surface area (TPSA) is 93.7 Å². The lowest BCUT2D eigenvalue weighted by Gasteiger charge is -2.16. The Morgan fingerprint density at radius 3 is 2.14 bits per heavy atom. The molecule has 3 rings (SSSR count). The van der Waals surface area contributed by atoms with Gasteiger partial charge in [0.05, 0.1) is 16.5 Å². The molecule has 3 aromatic rings. The first-order valence-electron chi connectivity index (χ1n) is 11.5. The van der Waals surface area contributed by atoms with Gasteiger partial charge in [0.15, 0.2) is 6.61 Å². The number of aryl methyl sites for hydroxylation is 2. The third-order valence-electron chi connectivity index (χ3n) is 5.28. The van der Waals surface area contributed by atoms with E-state index in [0.717, 1.165) is 34.1 Å². The Hall–Kier alpha value is -2.75. The molecule has 2 N–H and O–H groups in total. The van der Waals surface area contributed by atoms with Gasteiger partial charge in [-0.3, -0.25) is 9.52 Å². The zero-order valence-electron chi connectivity index (χ0n) is 20.2. The van der Waals surface area contributed by atoms with Crippen molar-refractivity contribution in [3.8, 4) is 11.5 Å². The number of sulfonamides is 1. The van der Waals surface area contributed by atoms with Crippen molar-refractivity contribution in [2.75, 3.05) is 23.3 Å². The van der Waals surface area contributed by atoms with Crippen LogP contribution in [0.3, 0.4) is 0 Å². The second-order valence-electron chi connectivity index (χ2n) is 7.80. The second kappa shape index (κ2) is 12.5. The SMILES string of the molecule is CCOc1ccc(NS(=O)(=O)c2ccc(OCC(=O)Nc3c(CC)cc(Br)cc3CC)c(Cl)c2)cc1. The lowest BCUT2D eigenvalue weighted by atomic mass is 10.0. The van der Waals surface area contributed by atoms with E-state index in [1.807, 2.05) is 32.9 Å². The summed E-state index contributed by atoms with van der Waals surface area (Å²) in [6.07, 6.45) is 1.52. The fraction of sp³-hybridized carbons (Fsp3) is 0.269. The number of carbonyl (C=O) groups is 1. The molecule has 0 heterocycles. The predicted molar refractivity (Wildman–Crippen MR) is 147 cm³/mol. The number of nitrogens with one attached hydrogen (secondary N) is 2. The van der Waals surface area contributed by atoms with Crippen molar-refractivity contribution in [3.63, 3.8) is 0 Å². The summed E-state index contributed by atoms with van der Waals surface area (Å²) in [7, 11) is -3.88. The Morgan fingerprint density at radius 2 is 1.58 bits per heavy atom. The van der Waals surface area contributed by atoms with Crippen molar-refractivity contribution in [2.24, 2.45) is 0 Å². The zero-order valence-corrected chi connectivity index (χ0v) is 23.4. The summed E-state index contributed by atoms with van der Waals surface area (Å²) in [5.74, 6) is 0.506. The monoisotopic (exact) mass is 594 g/mol. The summed E-state index contributed by atoms with van der Waals surface area (Å²) in [6.45, 7) is 6.15. The number of anilines is 2. The van der Waals surface area contributed by atoms with Crippen molar-refractivity contribution in [1.82, 2.24) is 0 Å². The van der Waals surface area contributed by atoms with Gasteiger partial charge in [-0.05, 0) is 85.5 Å². The van der Waals surface area contributed by atoms with E-state index in [-0.39, 0.29) is 28.2 Å². The van der Waals surface area contributed by atoms with Crippen molar-refractivity contribution < 1.29 is 22.7 Å². The van der Waals surface area contributed by atoms with E-state index in [1.165, 1.54) is 18.2 Å². The first-order chi connectivity index (χ1) is 17.2. The van der Waals surface area contributed by atoms with Crippen LogP contribution in [-0.2, 0) is 27.7 Å². The van der Waals surface area contributed by atoms with Crippen LogP contribution in [0, 0.1) is 0 Å². The molecule has 0 saturated carbocycles. The van der Waals surface area contributed by atoms with Crippen LogP contribution in [0.1, 0.15) is 31.9 Å². The Kier molecular flexibility index (Phi) is 9.64. The number of amides is 1. The van der Waals surface area contributed by atoms with Crippen molar-refractivity contribution in [3.05, 3.63) is 75.2 Å². The molecule has 0 atom stereocenters. The Morgan fingerprint density at radius 1 is 0.944 bits per heavy atom. The number of hydrogen-bond donors (Lipinski definition) is 2. The number of hydrogen-bond acceptors (Lipinski definition) is 5. The lowest BCUT2D eigenvalue weighted by Crippen LogP contribution is -2.22. The van der Waals surface area contributed by atoms with E-state index in [9.17, 15) is 13.2 Å². The second-order valence-corrected chi connectivity index (χ2v) is 10.8. The highest BCUT2D eigenvalue weighted by Crippen LogP contribution is 2.30.